The lowest BCUT2D eigenvalue weighted by Crippen LogP contribution is -2.40. The number of amides is 1. The van der Waals surface area contributed by atoms with Crippen LogP contribution in [0.3, 0.4) is 0 Å². The Morgan fingerprint density at radius 1 is 1.42 bits per heavy atom. The molecule has 6 heteroatoms. The molecule has 1 fully saturated rings. The van der Waals surface area contributed by atoms with Crippen LogP contribution >= 0.6 is 0 Å². The first-order chi connectivity index (χ1) is 11.5. The molecule has 0 spiro atoms. The number of hydrogen-bond acceptors (Lipinski definition) is 5. The van der Waals surface area contributed by atoms with Gasteiger partial charge in [0.15, 0.2) is 5.82 Å². The molecule has 1 amide bonds. The van der Waals surface area contributed by atoms with Crippen LogP contribution in [0.2, 0.25) is 0 Å². The Morgan fingerprint density at radius 3 is 2.92 bits per heavy atom. The van der Waals surface area contributed by atoms with Gasteiger partial charge in [-0.3, -0.25) is 9.78 Å². The third kappa shape index (κ3) is 3.80. The lowest BCUT2D eigenvalue weighted by Gasteiger charge is -2.31. The van der Waals surface area contributed by atoms with Gasteiger partial charge in [0.2, 0.25) is 11.8 Å². The molecule has 2 aromatic rings. The Hall–Kier alpha value is -2.24. The quantitative estimate of drug-likeness (QED) is 0.863. The van der Waals surface area contributed by atoms with Gasteiger partial charge >= 0.3 is 0 Å². The molecule has 1 saturated heterocycles. The minimum atomic E-state index is 0.137. The molecular weight excluding hydrogens is 304 g/mol. The maximum absolute atomic E-state index is 12.6. The van der Waals surface area contributed by atoms with E-state index in [0.717, 1.165) is 36.5 Å². The first-order valence-electron chi connectivity index (χ1n) is 8.55. The van der Waals surface area contributed by atoms with Gasteiger partial charge in [-0.15, -0.1) is 0 Å². The topological polar surface area (TPSA) is 72.1 Å². The second-order valence-corrected chi connectivity index (χ2v) is 6.81. The van der Waals surface area contributed by atoms with Crippen molar-refractivity contribution in [2.24, 2.45) is 0 Å². The van der Waals surface area contributed by atoms with Crippen LogP contribution < -0.4 is 0 Å². The number of aromatic nitrogens is 3. The van der Waals surface area contributed by atoms with Gasteiger partial charge in [0.05, 0.1) is 6.42 Å². The van der Waals surface area contributed by atoms with E-state index in [-0.39, 0.29) is 17.7 Å². The second kappa shape index (κ2) is 7.11. The number of likely N-dealkylation sites (tertiary alicyclic amines) is 1. The van der Waals surface area contributed by atoms with Crippen molar-refractivity contribution in [2.45, 2.75) is 51.9 Å². The Morgan fingerprint density at radius 2 is 2.25 bits per heavy atom. The van der Waals surface area contributed by atoms with Crippen LogP contribution in [0.15, 0.2) is 22.9 Å². The minimum Gasteiger partial charge on any atom is -0.342 e. The van der Waals surface area contributed by atoms with Gasteiger partial charge in [0.25, 0.3) is 0 Å². The van der Waals surface area contributed by atoms with Crippen molar-refractivity contribution in [1.29, 1.82) is 0 Å². The van der Waals surface area contributed by atoms with Crippen molar-refractivity contribution in [3.63, 3.8) is 0 Å². The van der Waals surface area contributed by atoms with Crippen LogP contribution in [0, 0.1) is 6.92 Å². The third-order valence-corrected chi connectivity index (χ3v) is 4.42. The third-order valence-electron chi connectivity index (χ3n) is 4.42. The van der Waals surface area contributed by atoms with Crippen molar-refractivity contribution in [1.82, 2.24) is 20.0 Å². The first-order valence-corrected chi connectivity index (χ1v) is 8.55. The highest BCUT2D eigenvalue weighted by Crippen LogP contribution is 2.26. The van der Waals surface area contributed by atoms with Crippen LogP contribution in [0.1, 0.15) is 61.5 Å². The van der Waals surface area contributed by atoms with E-state index in [9.17, 15) is 4.79 Å². The van der Waals surface area contributed by atoms with Gasteiger partial charge in [0.1, 0.15) is 0 Å². The van der Waals surface area contributed by atoms with Crippen LogP contribution in [0.4, 0.5) is 0 Å². The molecule has 0 saturated carbocycles. The lowest BCUT2D eigenvalue weighted by molar-refractivity contribution is -0.131. The fourth-order valence-electron chi connectivity index (χ4n) is 2.95. The Kier molecular flexibility index (Phi) is 4.92. The zero-order chi connectivity index (χ0) is 17.1. The van der Waals surface area contributed by atoms with Gasteiger partial charge in [-0.25, -0.2) is 0 Å². The SMILES string of the molecule is Cc1ccc(CC(=O)N2CCC[C@@H](c3noc(C(C)C)n3)C2)cn1. The molecule has 0 bridgehead atoms. The van der Waals surface area contributed by atoms with Crippen molar-refractivity contribution < 1.29 is 9.32 Å². The lowest BCUT2D eigenvalue weighted by atomic mass is 9.97. The standard InChI is InChI=1S/C18H24N4O2/c1-12(2)18-20-17(21-24-18)15-5-4-8-22(11-15)16(23)9-14-7-6-13(3)19-10-14/h6-7,10,12,15H,4-5,8-9,11H2,1-3H3/t15-/m1/s1. The largest absolute Gasteiger partial charge is 0.342 e. The molecule has 1 aliphatic heterocycles. The molecule has 0 unspecified atom stereocenters. The first kappa shape index (κ1) is 16.6. The molecule has 3 rings (SSSR count). The Balaban J connectivity index is 1.63. The number of piperidine rings is 1. The van der Waals surface area contributed by atoms with Crippen molar-refractivity contribution in [2.75, 3.05) is 13.1 Å². The molecule has 1 atom stereocenters. The number of hydrogen-bond donors (Lipinski definition) is 0. The molecule has 128 valence electrons. The summed E-state index contributed by atoms with van der Waals surface area (Å²) in [4.78, 5) is 23.2. The molecule has 3 heterocycles. The molecule has 6 nitrogen and oxygen atoms in total. The normalized spacial score (nSPS) is 18.2. The monoisotopic (exact) mass is 328 g/mol. The average Bonchev–Trinajstić information content (AvgIpc) is 3.07. The van der Waals surface area contributed by atoms with Gasteiger partial charge in [-0.05, 0) is 31.4 Å². The maximum atomic E-state index is 12.6. The summed E-state index contributed by atoms with van der Waals surface area (Å²) in [5.74, 6) is 1.92. The van der Waals surface area contributed by atoms with E-state index in [0.29, 0.717) is 18.9 Å². The number of nitrogens with zero attached hydrogens (tertiary/aromatic N) is 4. The highest BCUT2D eigenvalue weighted by Gasteiger charge is 2.28. The number of carbonyl (C=O) groups is 1. The number of aryl methyl sites for hydroxylation is 1. The molecule has 0 aliphatic carbocycles. The van der Waals surface area contributed by atoms with Gasteiger partial charge in [-0.1, -0.05) is 25.1 Å². The molecule has 0 aromatic carbocycles. The van der Waals surface area contributed by atoms with E-state index in [1.165, 1.54) is 0 Å². The van der Waals surface area contributed by atoms with Crippen molar-refractivity contribution in [3.05, 3.63) is 41.3 Å². The van der Waals surface area contributed by atoms with Crippen LogP contribution in [-0.4, -0.2) is 39.0 Å². The summed E-state index contributed by atoms with van der Waals surface area (Å²) in [6.07, 6.45) is 4.13. The summed E-state index contributed by atoms with van der Waals surface area (Å²) in [7, 11) is 0. The van der Waals surface area contributed by atoms with E-state index >= 15 is 0 Å². The maximum Gasteiger partial charge on any atom is 0.229 e. The van der Waals surface area contributed by atoms with E-state index in [1.54, 1.807) is 6.20 Å². The predicted molar refractivity (Wildman–Crippen MR) is 89.6 cm³/mol. The smallest absolute Gasteiger partial charge is 0.229 e. The molecule has 24 heavy (non-hydrogen) atoms. The molecule has 0 radical (unpaired) electrons. The summed E-state index contributed by atoms with van der Waals surface area (Å²) in [6.45, 7) is 7.46. The summed E-state index contributed by atoms with van der Waals surface area (Å²) in [5, 5.41) is 4.11. The summed E-state index contributed by atoms with van der Waals surface area (Å²) in [6, 6.07) is 3.91. The second-order valence-electron chi connectivity index (χ2n) is 6.81. The zero-order valence-electron chi connectivity index (χ0n) is 14.5. The minimum absolute atomic E-state index is 0.137. The number of pyridine rings is 1. The fraction of sp³-hybridized carbons (Fsp3) is 0.556. The fourth-order valence-corrected chi connectivity index (χ4v) is 2.95. The van der Waals surface area contributed by atoms with E-state index in [1.807, 2.05) is 37.8 Å². The average molecular weight is 328 g/mol. The summed E-state index contributed by atoms with van der Waals surface area (Å²) >= 11 is 0. The van der Waals surface area contributed by atoms with Crippen LogP contribution in [0.5, 0.6) is 0 Å². The molecule has 2 aromatic heterocycles. The van der Waals surface area contributed by atoms with Gasteiger partial charge in [-0.2, -0.15) is 4.98 Å². The Labute approximate surface area is 142 Å². The molecule has 0 N–H and O–H groups in total. The molecular formula is C18H24N4O2. The Bertz CT molecular complexity index is 693. The highest BCUT2D eigenvalue weighted by molar-refractivity contribution is 5.78. The van der Waals surface area contributed by atoms with Crippen LogP contribution in [-0.2, 0) is 11.2 Å². The van der Waals surface area contributed by atoms with Gasteiger partial charge < -0.3 is 9.42 Å². The zero-order valence-corrected chi connectivity index (χ0v) is 14.5. The number of carbonyl (C=O) groups excluding carboxylic acids is 1. The van der Waals surface area contributed by atoms with Crippen LogP contribution in [0.25, 0.3) is 0 Å². The van der Waals surface area contributed by atoms with Gasteiger partial charge in [0, 0.05) is 36.8 Å². The molecule has 1 aliphatic rings. The van der Waals surface area contributed by atoms with Crippen molar-refractivity contribution in [3.8, 4) is 0 Å². The predicted octanol–water partition coefficient (Wildman–Crippen LogP) is 2.85. The summed E-state index contributed by atoms with van der Waals surface area (Å²) < 4.78 is 5.31. The van der Waals surface area contributed by atoms with E-state index in [2.05, 4.69) is 15.1 Å². The van der Waals surface area contributed by atoms with Crippen molar-refractivity contribution >= 4 is 5.91 Å². The highest BCUT2D eigenvalue weighted by atomic mass is 16.5. The summed E-state index contributed by atoms with van der Waals surface area (Å²) in [5.41, 5.74) is 1.91. The van der Waals surface area contributed by atoms with E-state index in [4.69, 9.17) is 4.52 Å². The number of rotatable bonds is 4. The van der Waals surface area contributed by atoms with E-state index < -0.39 is 0 Å².